The second-order valence-electron chi connectivity index (χ2n) is 6.64. The fourth-order valence-corrected chi connectivity index (χ4v) is 2.79. The molecular formula is C19H16F4N6. The van der Waals surface area contributed by atoms with Crippen LogP contribution in [0.1, 0.15) is 24.8 Å². The van der Waals surface area contributed by atoms with Crippen molar-refractivity contribution in [3.8, 4) is 11.4 Å². The summed E-state index contributed by atoms with van der Waals surface area (Å²) in [6.45, 7) is 0. The molecule has 2 N–H and O–H groups in total. The minimum Gasteiger partial charge on any atom is -0.351 e. The summed E-state index contributed by atoms with van der Waals surface area (Å²) in [5, 5.41) is 5.86. The lowest BCUT2D eigenvalue weighted by Gasteiger charge is -2.26. The van der Waals surface area contributed by atoms with Gasteiger partial charge in [-0.05, 0) is 37.5 Å². The zero-order valence-corrected chi connectivity index (χ0v) is 15.0. The maximum atomic E-state index is 14.2. The number of aromatic nitrogens is 4. The summed E-state index contributed by atoms with van der Waals surface area (Å²) in [7, 11) is 0. The molecule has 0 spiro atoms. The van der Waals surface area contributed by atoms with Crippen molar-refractivity contribution < 1.29 is 17.6 Å². The Morgan fingerprint density at radius 2 is 1.72 bits per heavy atom. The second kappa shape index (κ2) is 7.61. The van der Waals surface area contributed by atoms with E-state index in [0.29, 0.717) is 0 Å². The van der Waals surface area contributed by atoms with E-state index in [0.717, 1.165) is 31.5 Å². The van der Waals surface area contributed by atoms with Crippen LogP contribution in [0.25, 0.3) is 11.4 Å². The fourth-order valence-electron chi connectivity index (χ4n) is 2.79. The summed E-state index contributed by atoms with van der Waals surface area (Å²) in [4.78, 5) is 16.3. The quantitative estimate of drug-likeness (QED) is 0.595. The molecule has 2 heterocycles. The molecule has 0 unspecified atom stereocenters. The van der Waals surface area contributed by atoms with Crippen molar-refractivity contribution in [2.75, 3.05) is 10.6 Å². The Morgan fingerprint density at radius 1 is 0.966 bits per heavy atom. The maximum absolute atomic E-state index is 14.2. The third kappa shape index (κ3) is 4.41. The van der Waals surface area contributed by atoms with Gasteiger partial charge in [0.2, 0.25) is 11.9 Å². The standard InChI is InChI=1S/C19H16F4N6/c20-15-7-2-1-6-14(15)16-27-17(25-12-4-3-5-12)29-18(28-16)26-13-8-11(9-24-10-13)19(21,22)23/h1-2,6-10,12H,3-5H2,(H2,25,26,27,28,29). The highest BCUT2D eigenvalue weighted by Crippen LogP contribution is 2.31. The van der Waals surface area contributed by atoms with Crippen LogP contribution in [0.4, 0.5) is 35.1 Å². The highest BCUT2D eigenvalue weighted by Gasteiger charge is 2.31. The average Bonchev–Trinajstić information content (AvgIpc) is 2.64. The molecule has 2 aromatic heterocycles. The predicted molar refractivity (Wildman–Crippen MR) is 99.0 cm³/mol. The summed E-state index contributed by atoms with van der Waals surface area (Å²) < 4.78 is 53.0. The number of nitrogens with zero attached hydrogens (tertiary/aromatic N) is 4. The van der Waals surface area contributed by atoms with E-state index in [-0.39, 0.29) is 35.0 Å². The molecule has 6 nitrogen and oxygen atoms in total. The molecule has 0 aliphatic heterocycles. The molecule has 3 aromatic rings. The molecule has 0 radical (unpaired) electrons. The number of hydrogen-bond acceptors (Lipinski definition) is 6. The van der Waals surface area contributed by atoms with Crippen molar-refractivity contribution in [2.45, 2.75) is 31.5 Å². The average molecular weight is 404 g/mol. The first-order valence-corrected chi connectivity index (χ1v) is 8.95. The first kappa shape index (κ1) is 19.0. The lowest BCUT2D eigenvalue weighted by atomic mass is 9.93. The van der Waals surface area contributed by atoms with E-state index in [1.807, 2.05) is 0 Å². The van der Waals surface area contributed by atoms with Crippen molar-refractivity contribution in [1.82, 2.24) is 19.9 Å². The van der Waals surface area contributed by atoms with Gasteiger partial charge in [-0.1, -0.05) is 12.1 Å². The number of benzene rings is 1. The topological polar surface area (TPSA) is 75.6 Å². The number of rotatable bonds is 5. The van der Waals surface area contributed by atoms with Gasteiger partial charge in [0.05, 0.1) is 23.0 Å². The highest BCUT2D eigenvalue weighted by atomic mass is 19.4. The Kier molecular flexibility index (Phi) is 4.99. The number of nitrogens with one attached hydrogen (secondary N) is 2. The predicted octanol–water partition coefficient (Wildman–Crippen LogP) is 4.80. The van der Waals surface area contributed by atoms with Gasteiger partial charge < -0.3 is 10.6 Å². The lowest BCUT2D eigenvalue weighted by Crippen LogP contribution is -2.28. The first-order valence-electron chi connectivity index (χ1n) is 8.95. The molecule has 0 amide bonds. The van der Waals surface area contributed by atoms with E-state index in [2.05, 4.69) is 30.6 Å². The molecule has 4 rings (SSSR count). The van der Waals surface area contributed by atoms with Gasteiger partial charge in [-0.3, -0.25) is 4.98 Å². The van der Waals surface area contributed by atoms with E-state index in [4.69, 9.17) is 0 Å². The van der Waals surface area contributed by atoms with Crippen LogP contribution in [0.2, 0.25) is 0 Å². The molecule has 1 aliphatic carbocycles. The second-order valence-corrected chi connectivity index (χ2v) is 6.64. The molecule has 0 saturated heterocycles. The van der Waals surface area contributed by atoms with Gasteiger partial charge in [0.25, 0.3) is 0 Å². The molecule has 150 valence electrons. The fraction of sp³-hybridized carbons (Fsp3) is 0.263. The Balaban J connectivity index is 1.69. The summed E-state index contributed by atoms with van der Waals surface area (Å²) in [6, 6.07) is 7.09. The van der Waals surface area contributed by atoms with Crippen LogP contribution in [-0.4, -0.2) is 26.0 Å². The smallest absolute Gasteiger partial charge is 0.351 e. The van der Waals surface area contributed by atoms with Gasteiger partial charge >= 0.3 is 6.18 Å². The molecule has 0 atom stereocenters. The van der Waals surface area contributed by atoms with Crippen molar-refractivity contribution in [2.24, 2.45) is 0 Å². The van der Waals surface area contributed by atoms with Gasteiger partial charge in [-0.25, -0.2) is 4.39 Å². The molecule has 10 heteroatoms. The normalized spacial score (nSPS) is 14.3. The number of alkyl halides is 3. The van der Waals surface area contributed by atoms with E-state index >= 15 is 0 Å². The van der Waals surface area contributed by atoms with Crippen LogP contribution in [0, 0.1) is 5.82 Å². The molecule has 29 heavy (non-hydrogen) atoms. The lowest BCUT2D eigenvalue weighted by molar-refractivity contribution is -0.137. The minimum absolute atomic E-state index is 0.0128. The highest BCUT2D eigenvalue weighted by molar-refractivity contribution is 5.61. The van der Waals surface area contributed by atoms with Crippen LogP contribution in [-0.2, 0) is 6.18 Å². The number of pyridine rings is 1. The van der Waals surface area contributed by atoms with Crippen LogP contribution in [0.15, 0.2) is 42.7 Å². The third-order valence-electron chi connectivity index (χ3n) is 4.51. The van der Waals surface area contributed by atoms with E-state index in [9.17, 15) is 17.6 Å². The van der Waals surface area contributed by atoms with Crippen LogP contribution in [0.5, 0.6) is 0 Å². The van der Waals surface area contributed by atoms with Crippen molar-refractivity contribution in [1.29, 1.82) is 0 Å². The molecular weight excluding hydrogens is 388 g/mol. The van der Waals surface area contributed by atoms with E-state index < -0.39 is 17.6 Å². The van der Waals surface area contributed by atoms with Gasteiger partial charge in [0, 0.05) is 12.2 Å². The Labute approximate surface area is 163 Å². The summed E-state index contributed by atoms with van der Waals surface area (Å²) in [6.07, 6.45) is 0.429. The Bertz CT molecular complexity index is 1020. The van der Waals surface area contributed by atoms with Crippen LogP contribution >= 0.6 is 0 Å². The Hall–Kier alpha value is -3.30. The summed E-state index contributed by atoms with van der Waals surface area (Å²) in [5.41, 5.74) is -0.685. The molecule has 0 bridgehead atoms. The van der Waals surface area contributed by atoms with Crippen molar-refractivity contribution in [3.63, 3.8) is 0 Å². The SMILES string of the molecule is Fc1ccccc1-c1nc(Nc2cncc(C(F)(F)F)c2)nc(NC2CCC2)n1. The first-order chi connectivity index (χ1) is 13.9. The molecule has 1 aromatic carbocycles. The van der Waals surface area contributed by atoms with Crippen LogP contribution in [0.3, 0.4) is 0 Å². The number of halogens is 4. The van der Waals surface area contributed by atoms with Gasteiger partial charge in [-0.15, -0.1) is 0 Å². The zero-order chi connectivity index (χ0) is 20.4. The minimum atomic E-state index is -4.53. The largest absolute Gasteiger partial charge is 0.417 e. The van der Waals surface area contributed by atoms with Crippen molar-refractivity contribution >= 4 is 17.6 Å². The van der Waals surface area contributed by atoms with Crippen LogP contribution < -0.4 is 10.6 Å². The van der Waals surface area contributed by atoms with E-state index in [1.165, 1.54) is 18.3 Å². The zero-order valence-electron chi connectivity index (χ0n) is 15.0. The van der Waals surface area contributed by atoms with Gasteiger partial charge in [0.15, 0.2) is 5.82 Å². The van der Waals surface area contributed by atoms with Crippen molar-refractivity contribution in [3.05, 3.63) is 54.1 Å². The summed E-state index contributed by atoms with van der Waals surface area (Å²) in [5.74, 6) is -0.228. The van der Waals surface area contributed by atoms with Gasteiger partial charge in [0.1, 0.15) is 5.82 Å². The maximum Gasteiger partial charge on any atom is 0.417 e. The van der Waals surface area contributed by atoms with E-state index in [1.54, 1.807) is 12.1 Å². The van der Waals surface area contributed by atoms with Gasteiger partial charge in [-0.2, -0.15) is 28.1 Å². The molecule has 1 fully saturated rings. The number of hydrogen-bond donors (Lipinski definition) is 2. The monoisotopic (exact) mass is 404 g/mol. The number of anilines is 3. The Morgan fingerprint density at radius 3 is 2.41 bits per heavy atom. The molecule has 1 saturated carbocycles. The third-order valence-corrected chi connectivity index (χ3v) is 4.51. The summed E-state index contributed by atoms with van der Waals surface area (Å²) >= 11 is 0. The molecule has 1 aliphatic rings.